The van der Waals surface area contributed by atoms with Crippen LogP contribution in [0, 0.1) is 0 Å². The predicted octanol–water partition coefficient (Wildman–Crippen LogP) is 2.25. The highest BCUT2D eigenvalue weighted by Gasteiger charge is 2.04. The van der Waals surface area contributed by atoms with E-state index in [1.165, 1.54) is 0 Å². The molecule has 0 aliphatic heterocycles. The lowest BCUT2D eigenvalue weighted by atomic mass is 10.2. The van der Waals surface area contributed by atoms with E-state index in [2.05, 4.69) is 10.3 Å². The summed E-state index contributed by atoms with van der Waals surface area (Å²) in [5.41, 5.74) is 7.93. The number of anilines is 2. The number of nitrogen functional groups attached to an aromatic ring is 1. The SMILES string of the molecule is Nc1ccccc1NC(=O)CCOCCc1ccccn1. The van der Waals surface area contributed by atoms with Crippen molar-refractivity contribution in [3.63, 3.8) is 0 Å². The van der Waals surface area contributed by atoms with E-state index >= 15 is 0 Å². The number of benzene rings is 1. The quantitative estimate of drug-likeness (QED) is 0.604. The van der Waals surface area contributed by atoms with Crippen LogP contribution in [0.3, 0.4) is 0 Å². The van der Waals surface area contributed by atoms with E-state index in [1.54, 1.807) is 18.3 Å². The van der Waals surface area contributed by atoms with E-state index in [9.17, 15) is 4.79 Å². The van der Waals surface area contributed by atoms with Gasteiger partial charge in [-0.3, -0.25) is 9.78 Å². The molecule has 2 aromatic rings. The summed E-state index contributed by atoms with van der Waals surface area (Å²) in [5.74, 6) is -0.106. The number of pyridine rings is 1. The van der Waals surface area contributed by atoms with Gasteiger partial charge in [-0.15, -0.1) is 0 Å². The second kappa shape index (κ2) is 8.01. The van der Waals surface area contributed by atoms with Gasteiger partial charge in [0.25, 0.3) is 0 Å². The Balaban J connectivity index is 1.63. The first kappa shape index (κ1) is 15.0. The number of carbonyl (C=O) groups excluding carboxylic acids is 1. The Labute approximate surface area is 124 Å². The average molecular weight is 285 g/mol. The van der Waals surface area contributed by atoms with Crippen molar-refractivity contribution in [2.24, 2.45) is 0 Å². The van der Waals surface area contributed by atoms with Crippen LogP contribution in [-0.2, 0) is 16.0 Å². The van der Waals surface area contributed by atoms with Crippen LogP contribution in [0.25, 0.3) is 0 Å². The molecule has 0 aliphatic rings. The lowest BCUT2D eigenvalue weighted by Crippen LogP contribution is -2.15. The normalized spacial score (nSPS) is 10.3. The molecular weight excluding hydrogens is 266 g/mol. The molecule has 0 atom stereocenters. The number of aromatic nitrogens is 1. The van der Waals surface area contributed by atoms with Crippen LogP contribution < -0.4 is 11.1 Å². The third kappa shape index (κ3) is 5.24. The van der Waals surface area contributed by atoms with Gasteiger partial charge in [-0.25, -0.2) is 0 Å². The maximum atomic E-state index is 11.7. The Morgan fingerprint density at radius 1 is 1.14 bits per heavy atom. The van der Waals surface area contributed by atoms with Gasteiger partial charge >= 0.3 is 0 Å². The van der Waals surface area contributed by atoms with Crippen molar-refractivity contribution in [1.82, 2.24) is 4.98 Å². The Bertz CT molecular complexity index is 573. The molecule has 0 fully saturated rings. The molecule has 0 saturated heterocycles. The highest BCUT2D eigenvalue weighted by molar-refractivity contribution is 5.93. The van der Waals surface area contributed by atoms with Gasteiger partial charge in [-0.05, 0) is 24.3 Å². The molecule has 21 heavy (non-hydrogen) atoms. The van der Waals surface area contributed by atoms with Crippen molar-refractivity contribution in [1.29, 1.82) is 0 Å². The van der Waals surface area contributed by atoms with Gasteiger partial charge in [0.15, 0.2) is 0 Å². The predicted molar refractivity (Wildman–Crippen MR) is 82.9 cm³/mol. The minimum absolute atomic E-state index is 0.106. The average Bonchev–Trinajstić information content (AvgIpc) is 2.50. The monoisotopic (exact) mass is 285 g/mol. The van der Waals surface area contributed by atoms with Crippen molar-refractivity contribution < 1.29 is 9.53 Å². The number of nitrogens with one attached hydrogen (secondary N) is 1. The zero-order valence-corrected chi connectivity index (χ0v) is 11.8. The summed E-state index contributed by atoms with van der Waals surface area (Å²) in [4.78, 5) is 15.9. The molecule has 0 radical (unpaired) electrons. The van der Waals surface area contributed by atoms with Crippen LogP contribution in [0.1, 0.15) is 12.1 Å². The van der Waals surface area contributed by atoms with Crippen LogP contribution in [0.4, 0.5) is 11.4 Å². The zero-order valence-electron chi connectivity index (χ0n) is 11.8. The number of hydrogen-bond acceptors (Lipinski definition) is 4. The molecular formula is C16H19N3O2. The van der Waals surface area contributed by atoms with Crippen molar-refractivity contribution >= 4 is 17.3 Å². The summed E-state index contributed by atoms with van der Waals surface area (Å²) < 4.78 is 5.44. The number of ether oxygens (including phenoxy) is 1. The van der Waals surface area contributed by atoms with Crippen molar-refractivity contribution in [3.8, 4) is 0 Å². The standard InChI is InChI=1S/C16H19N3O2/c17-14-6-1-2-7-15(14)19-16(20)9-12-21-11-8-13-5-3-4-10-18-13/h1-7,10H,8-9,11-12,17H2,(H,19,20). The summed E-state index contributed by atoms with van der Waals surface area (Å²) in [6.45, 7) is 0.934. The first-order chi connectivity index (χ1) is 10.3. The van der Waals surface area contributed by atoms with E-state index in [-0.39, 0.29) is 5.91 Å². The number of para-hydroxylation sites is 2. The van der Waals surface area contributed by atoms with Gasteiger partial charge in [-0.1, -0.05) is 18.2 Å². The molecule has 0 unspecified atom stereocenters. The fourth-order valence-corrected chi connectivity index (χ4v) is 1.81. The number of carbonyl (C=O) groups is 1. The minimum Gasteiger partial charge on any atom is -0.397 e. The summed E-state index contributed by atoms with van der Waals surface area (Å²) in [6.07, 6.45) is 2.80. The summed E-state index contributed by atoms with van der Waals surface area (Å²) in [6, 6.07) is 13.0. The lowest BCUT2D eigenvalue weighted by molar-refractivity contribution is -0.117. The molecule has 0 bridgehead atoms. The largest absolute Gasteiger partial charge is 0.397 e. The third-order valence-electron chi connectivity index (χ3n) is 2.94. The van der Waals surface area contributed by atoms with E-state index < -0.39 is 0 Å². The van der Waals surface area contributed by atoms with Gasteiger partial charge in [-0.2, -0.15) is 0 Å². The van der Waals surface area contributed by atoms with Gasteiger partial charge in [0.1, 0.15) is 0 Å². The highest BCUT2D eigenvalue weighted by atomic mass is 16.5. The van der Waals surface area contributed by atoms with Crippen LogP contribution >= 0.6 is 0 Å². The van der Waals surface area contributed by atoms with Gasteiger partial charge in [0, 0.05) is 18.3 Å². The van der Waals surface area contributed by atoms with E-state index in [0.717, 1.165) is 12.1 Å². The second-order valence-electron chi connectivity index (χ2n) is 4.57. The van der Waals surface area contributed by atoms with Gasteiger partial charge in [0.2, 0.25) is 5.91 Å². The number of rotatable bonds is 7. The van der Waals surface area contributed by atoms with Crippen molar-refractivity contribution in [2.75, 3.05) is 24.3 Å². The molecule has 0 aliphatic carbocycles. The van der Waals surface area contributed by atoms with E-state index in [4.69, 9.17) is 10.5 Å². The molecule has 0 saturated carbocycles. The molecule has 1 aromatic carbocycles. The van der Waals surface area contributed by atoms with Gasteiger partial charge in [0.05, 0.1) is 31.0 Å². The highest BCUT2D eigenvalue weighted by Crippen LogP contribution is 2.16. The zero-order chi connectivity index (χ0) is 14.9. The summed E-state index contributed by atoms with van der Waals surface area (Å²) in [5, 5.41) is 2.76. The molecule has 2 rings (SSSR count). The summed E-state index contributed by atoms with van der Waals surface area (Å²) in [7, 11) is 0. The topological polar surface area (TPSA) is 77.2 Å². The van der Waals surface area contributed by atoms with Gasteiger partial charge < -0.3 is 15.8 Å². The smallest absolute Gasteiger partial charge is 0.226 e. The number of amides is 1. The molecule has 1 aromatic heterocycles. The van der Waals surface area contributed by atoms with Crippen LogP contribution in [-0.4, -0.2) is 24.1 Å². The van der Waals surface area contributed by atoms with E-state index in [0.29, 0.717) is 31.0 Å². The molecule has 110 valence electrons. The lowest BCUT2D eigenvalue weighted by Gasteiger charge is -2.08. The Morgan fingerprint density at radius 3 is 2.71 bits per heavy atom. The Kier molecular flexibility index (Phi) is 5.72. The van der Waals surface area contributed by atoms with Crippen molar-refractivity contribution in [2.45, 2.75) is 12.8 Å². The minimum atomic E-state index is -0.106. The Hall–Kier alpha value is -2.40. The van der Waals surface area contributed by atoms with Crippen LogP contribution in [0.15, 0.2) is 48.7 Å². The second-order valence-corrected chi connectivity index (χ2v) is 4.57. The molecule has 3 N–H and O–H groups in total. The van der Waals surface area contributed by atoms with Crippen LogP contribution in [0.5, 0.6) is 0 Å². The number of nitrogens with two attached hydrogens (primary N) is 1. The number of hydrogen-bond donors (Lipinski definition) is 2. The molecule has 5 nitrogen and oxygen atoms in total. The fraction of sp³-hybridized carbons (Fsp3) is 0.250. The summed E-state index contributed by atoms with van der Waals surface area (Å²) >= 11 is 0. The third-order valence-corrected chi connectivity index (χ3v) is 2.94. The fourth-order valence-electron chi connectivity index (χ4n) is 1.81. The van der Waals surface area contributed by atoms with Crippen molar-refractivity contribution in [3.05, 3.63) is 54.4 Å². The molecule has 5 heteroatoms. The molecule has 1 amide bonds. The first-order valence-electron chi connectivity index (χ1n) is 6.88. The number of nitrogens with zero attached hydrogens (tertiary/aromatic N) is 1. The maximum absolute atomic E-state index is 11.7. The van der Waals surface area contributed by atoms with E-state index in [1.807, 2.05) is 30.3 Å². The van der Waals surface area contributed by atoms with Crippen LogP contribution in [0.2, 0.25) is 0 Å². The Morgan fingerprint density at radius 2 is 1.95 bits per heavy atom. The maximum Gasteiger partial charge on any atom is 0.226 e. The molecule has 1 heterocycles. The molecule has 0 spiro atoms. The first-order valence-corrected chi connectivity index (χ1v) is 6.88.